The van der Waals surface area contributed by atoms with Crippen LogP contribution in [0.25, 0.3) is 0 Å². The summed E-state index contributed by atoms with van der Waals surface area (Å²) >= 11 is 0. The van der Waals surface area contributed by atoms with Gasteiger partial charge < -0.3 is 14.4 Å². The Morgan fingerprint density at radius 3 is 2.30 bits per heavy atom. The van der Waals surface area contributed by atoms with Gasteiger partial charge in [0, 0.05) is 26.8 Å². The number of ether oxygens (including phenoxy) is 2. The van der Waals surface area contributed by atoms with E-state index >= 15 is 0 Å². The van der Waals surface area contributed by atoms with Crippen LogP contribution in [-0.2, 0) is 20.8 Å². The lowest BCUT2D eigenvalue weighted by Gasteiger charge is -2.49. The van der Waals surface area contributed by atoms with Crippen molar-refractivity contribution in [3.8, 4) is 0 Å². The zero-order chi connectivity index (χ0) is 21.3. The largest absolute Gasteiger partial charge is 0.379 e. The van der Waals surface area contributed by atoms with Gasteiger partial charge in [-0.1, -0.05) is 48.0 Å². The van der Waals surface area contributed by atoms with E-state index in [1.807, 2.05) is 48.2 Å². The number of amides is 3. The van der Waals surface area contributed by atoms with Crippen LogP contribution in [-0.4, -0.2) is 49.3 Å². The minimum Gasteiger partial charge on any atom is -0.379 e. The number of hydrogen-bond donors (Lipinski definition) is 0. The summed E-state index contributed by atoms with van der Waals surface area (Å²) in [6.07, 6.45) is 0.775. The Labute approximate surface area is 177 Å². The van der Waals surface area contributed by atoms with Crippen molar-refractivity contribution in [3.05, 3.63) is 65.7 Å². The van der Waals surface area contributed by atoms with E-state index in [-0.39, 0.29) is 36.1 Å². The van der Waals surface area contributed by atoms with E-state index in [0.717, 1.165) is 11.1 Å². The van der Waals surface area contributed by atoms with Gasteiger partial charge in [0.05, 0.1) is 23.8 Å². The van der Waals surface area contributed by atoms with Crippen molar-refractivity contribution < 1.29 is 19.1 Å². The number of benzene rings is 2. The summed E-state index contributed by atoms with van der Waals surface area (Å²) < 4.78 is 11.3. The number of hydrogen-bond acceptors (Lipinski definition) is 4. The normalized spacial score (nSPS) is 26.6. The first kappa shape index (κ1) is 20.6. The quantitative estimate of drug-likeness (QED) is 0.756. The van der Waals surface area contributed by atoms with Crippen LogP contribution in [0.2, 0.25) is 0 Å². The Hall–Kier alpha value is -2.70. The third kappa shape index (κ3) is 3.73. The topological polar surface area (TPSA) is 59.1 Å². The Kier molecular flexibility index (Phi) is 5.88. The monoisotopic (exact) mass is 408 g/mol. The molecule has 1 heterocycles. The van der Waals surface area contributed by atoms with Crippen molar-refractivity contribution in [3.63, 3.8) is 0 Å². The molecule has 158 valence electrons. The molecule has 1 aliphatic carbocycles. The fourth-order valence-corrected chi connectivity index (χ4v) is 4.76. The number of rotatable bonds is 5. The fraction of sp³-hybridized carbons (Fsp3) is 0.417. The first-order valence-corrected chi connectivity index (χ1v) is 10.3. The minimum atomic E-state index is -0.330. The summed E-state index contributed by atoms with van der Waals surface area (Å²) in [5, 5.41) is 0. The van der Waals surface area contributed by atoms with E-state index in [0.29, 0.717) is 25.1 Å². The highest BCUT2D eigenvalue weighted by molar-refractivity contribution is 6.17. The van der Waals surface area contributed by atoms with E-state index in [1.165, 1.54) is 4.90 Å². The Bertz CT molecular complexity index is 916. The molecule has 2 aromatic rings. The molecule has 4 atom stereocenters. The van der Waals surface area contributed by atoms with Crippen molar-refractivity contribution >= 4 is 17.6 Å². The Morgan fingerprint density at radius 2 is 1.63 bits per heavy atom. The average molecular weight is 408 g/mol. The molecule has 1 saturated carbocycles. The number of aryl methyl sites for hydroxylation is 1. The molecule has 2 fully saturated rings. The van der Waals surface area contributed by atoms with Gasteiger partial charge in [-0.25, -0.2) is 9.69 Å². The number of fused-ring (bicyclic) bond motifs is 1. The second kappa shape index (κ2) is 8.58. The molecule has 0 radical (unpaired) electrons. The van der Waals surface area contributed by atoms with Gasteiger partial charge in [-0.15, -0.1) is 0 Å². The van der Waals surface area contributed by atoms with Crippen LogP contribution in [0.5, 0.6) is 0 Å². The minimum absolute atomic E-state index is 0.153. The number of anilines is 1. The molecule has 2 aromatic carbocycles. The lowest BCUT2D eigenvalue weighted by Crippen LogP contribution is -2.65. The molecule has 0 N–H and O–H groups in total. The summed E-state index contributed by atoms with van der Waals surface area (Å²) in [5.41, 5.74) is 2.79. The van der Waals surface area contributed by atoms with Crippen LogP contribution in [0.1, 0.15) is 24.0 Å². The molecule has 0 spiro atoms. The van der Waals surface area contributed by atoms with Crippen LogP contribution >= 0.6 is 0 Å². The van der Waals surface area contributed by atoms with E-state index < -0.39 is 0 Å². The number of carbonyl (C=O) groups is 2. The summed E-state index contributed by atoms with van der Waals surface area (Å²) in [6, 6.07) is 16.8. The zero-order valence-electron chi connectivity index (χ0n) is 17.7. The van der Waals surface area contributed by atoms with Crippen LogP contribution in [0, 0.1) is 12.8 Å². The molecule has 6 heteroatoms. The van der Waals surface area contributed by atoms with Crippen molar-refractivity contribution in [2.75, 3.05) is 19.1 Å². The number of para-hydroxylation sites is 1. The highest BCUT2D eigenvalue weighted by Gasteiger charge is 2.52. The number of carbonyl (C=O) groups excluding carboxylic acids is 2. The van der Waals surface area contributed by atoms with E-state index in [9.17, 15) is 9.59 Å². The summed E-state index contributed by atoms with van der Waals surface area (Å²) in [5.74, 6) is -0.489. The highest BCUT2D eigenvalue weighted by atomic mass is 16.5. The maximum atomic E-state index is 13.6. The maximum absolute atomic E-state index is 13.6. The number of urea groups is 1. The molecule has 0 bridgehead atoms. The van der Waals surface area contributed by atoms with E-state index in [1.54, 1.807) is 26.4 Å². The third-order valence-electron chi connectivity index (χ3n) is 6.27. The van der Waals surface area contributed by atoms with Crippen molar-refractivity contribution in [1.82, 2.24) is 4.90 Å². The average Bonchev–Trinajstić information content (AvgIpc) is 2.76. The summed E-state index contributed by atoms with van der Waals surface area (Å²) in [4.78, 5) is 30.2. The van der Waals surface area contributed by atoms with Crippen LogP contribution in [0.4, 0.5) is 10.5 Å². The molecule has 0 aromatic heterocycles. The SMILES string of the molecule is COC1CC2C(=O)N(c3ccccc3)C(=O)N(Cc3cccc(C)c3)C2CC1OC. The lowest BCUT2D eigenvalue weighted by atomic mass is 9.77. The fourth-order valence-electron chi connectivity index (χ4n) is 4.76. The summed E-state index contributed by atoms with van der Waals surface area (Å²) in [7, 11) is 3.31. The van der Waals surface area contributed by atoms with Crippen molar-refractivity contribution in [2.24, 2.45) is 5.92 Å². The van der Waals surface area contributed by atoms with E-state index in [4.69, 9.17) is 9.47 Å². The zero-order valence-corrected chi connectivity index (χ0v) is 17.7. The molecule has 3 amide bonds. The van der Waals surface area contributed by atoms with Gasteiger partial charge in [-0.2, -0.15) is 0 Å². The Balaban J connectivity index is 1.73. The van der Waals surface area contributed by atoms with Gasteiger partial charge in [0.25, 0.3) is 0 Å². The van der Waals surface area contributed by atoms with Crippen LogP contribution in [0.3, 0.4) is 0 Å². The molecule has 30 heavy (non-hydrogen) atoms. The van der Waals surface area contributed by atoms with Crippen LogP contribution < -0.4 is 4.90 Å². The van der Waals surface area contributed by atoms with E-state index in [2.05, 4.69) is 6.07 Å². The highest BCUT2D eigenvalue weighted by Crippen LogP contribution is 2.39. The van der Waals surface area contributed by atoms with Crippen LogP contribution in [0.15, 0.2) is 54.6 Å². The predicted octanol–water partition coefficient (Wildman–Crippen LogP) is 3.77. The first-order valence-electron chi connectivity index (χ1n) is 10.3. The summed E-state index contributed by atoms with van der Waals surface area (Å²) in [6.45, 7) is 2.49. The number of nitrogens with zero attached hydrogens (tertiary/aromatic N) is 2. The first-order chi connectivity index (χ1) is 14.5. The molecule has 6 nitrogen and oxygen atoms in total. The number of methoxy groups -OCH3 is 2. The van der Waals surface area contributed by atoms with Crippen molar-refractivity contribution in [2.45, 2.75) is 44.6 Å². The molecule has 1 saturated heterocycles. The molecule has 1 aliphatic heterocycles. The second-order valence-electron chi connectivity index (χ2n) is 8.10. The van der Waals surface area contributed by atoms with Gasteiger partial charge in [-0.3, -0.25) is 4.79 Å². The lowest BCUT2D eigenvalue weighted by molar-refractivity contribution is -0.137. The maximum Gasteiger partial charge on any atom is 0.331 e. The molecule has 4 unspecified atom stereocenters. The third-order valence-corrected chi connectivity index (χ3v) is 6.27. The van der Waals surface area contributed by atoms with Gasteiger partial charge in [0.2, 0.25) is 5.91 Å². The molecular formula is C24H28N2O4. The van der Waals surface area contributed by atoms with Gasteiger partial charge in [0.1, 0.15) is 0 Å². The standard InChI is InChI=1S/C24H28N2O4/c1-16-8-7-9-17(12-16)15-25-20-14-22(30-3)21(29-2)13-19(20)23(27)26(24(25)28)18-10-5-4-6-11-18/h4-12,19-22H,13-15H2,1-3H3. The molecule has 2 aliphatic rings. The Morgan fingerprint density at radius 1 is 0.933 bits per heavy atom. The smallest absolute Gasteiger partial charge is 0.331 e. The molecular weight excluding hydrogens is 380 g/mol. The van der Waals surface area contributed by atoms with Gasteiger partial charge in [0.15, 0.2) is 0 Å². The predicted molar refractivity (Wildman–Crippen MR) is 114 cm³/mol. The van der Waals surface area contributed by atoms with Crippen molar-refractivity contribution in [1.29, 1.82) is 0 Å². The van der Waals surface area contributed by atoms with Gasteiger partial charge in [-0.05, 0) is 37.5 Å². The van der Waals surface area contributed by atoms with Gasteiger partial charge >= 0.3 is 6.03 Å². The second-order valence-corrected chi connectivity index (χ2v) is 8.10. The molecule has 4 rings (SSSR count). The number of imide groups is 1.